The molecule has 2 N–H and O–H groups in total. The molecule has 5 heteroatoms. The van der Waals surface area contributed by atoms with Crippen LogP contribution < -0.4 is 0 Å². The molecule has 110 valence electrons. The van der Waals surface area contributed by atoms with E-state index in [1.54, 1.807) is 26.8 Å². The summed E-state index contributed by atoms with van der Waals surface area (Å²) in [6.45, 7) is 7.25. The number of nitrogens with zero attached hydrogens (tertiary/aromatic N) is 1. The lowest BCUT2D eigenvalue weighted by Gasteiger charge is -2.27. The average molecular weight is 271 g/mol. The summed E-state index contributed by atoms with van der Waals surface area (Å²) < 4.78 is 5.10. The van der Waals surface area contributed by atoms with Crippen LogP contribution in [0.3, 0.4) is 0 Å². The summed E-state index contributed by atoms with van der Waals surface area (Å²) in [5.41, 5.74) is -0.637. The standard InChI is InChI=1S/C14H25NO4/c1-5-6-12(16)10-7-8-11(9-10)15(18)13(17)19-14(2,3)4/h7-8,10-12,16,18H,5-6,9H2,1-4H3/t10-,11+,12?/m1/s1. The predicted octanol–water partition coefficient (Wildman–Crippen LogP) is 2.72. The molecule has 5 nitrogen and oxygen atoms in total. The molecular formula is C14H25NO4. The van der Waals surface area contributed by atoms with Crippen LogP contribution in [0.15, 0.2) is 12.2 Å². The Kier molecular flexibility index (Phi) is 5.38. The van der Waals surface area contributed by atoms with Crippen LogP contribution in [0.4, 0.5) is 4.79 Å². The molecule has 0 saturated heterocycles. The molecule has 1 unspecified atom stereocenters. The maximum absolute atomic E-state index is 11.7. The second kappa shape index (κ2) is 6.39. The Labute approximate surface area is 114 Å². The second-order valence-electron chi connectivity index (χ2n) is 6.03. The van der Waals surface area contributed by atoms with Crippen LogP contribution in [0.2, 0.25) is 0 Å². The van der Waals surface area contributed by atoms with Gasteiger partial charge in [-0.05, 0) is 33.6 Å². The van der Waals surface area contributed by atoms with Crippen molar-refractivity contribution in [2.24, 2.45) is 5.92 Å². The van der Waals surface area contributed by atoms with Crippen LogP contribution in [0.5, 0.6) is 0 Å². The Bertz CT molecular complexity index is 335. The average Bonchev–Trinajstić information content (AvgIpc) is 2.75. The van der Waals surface area contributed by atoms with Gasteiger partial charge in [-0.1, -0.05) is 25.5 Å². The van der Waals surface area contributed by atoms with Crippen molar-refractivity contribution in [3.63, 3.8) is 0 Å². The Morgan fingerprint density at radius 1 is 1.47 bits per heavy atom. The minimum Gasteiger partial charge on any atom is -0.442 e. The van der Waals surface area contributed by atoms with Crippen LogP contribution in [0, 0.1) is 5.92 Å². The highest BCUT2D eigenvalue weighted by Crippen LogP contribution is 2.27. The van der Waals surface area contributed by atoms with Crippen LogP contribution in [-0.4, -0.2) is 39.2 Å². The van der Waals surface area contributed by atoms with Crippen molar-refractivity contribution >= 4 is 6.09 Å². The molecule has 1 amide bonds. The Morgan fingerprint density at radius 2 is 2.11 bits per heavy atom. The fourth-order valence-corrected chi connectivity index (χ4v) is 2.13. The molecule has 19 heavy (non-hydrogen) atoms. The van der Waals surface area contributed by atoms with E-state index in [1.165, 1.54) is 0 Å². The first kappa shape index (κ1) is 16.0. The fourth-order valence-electron chi connectivity index (χ4n) is 2.13. The third-order valence-corrected chi connectivity index (χ3v) is 3.07. The van der Waals surface area contributed by atoms with Gasteiger partial charge in [-0.15, -0.1) is 0 Å². The fraction of sp³-hybridized carbons (Fsp3) is 0.786. The number of hydrogen-bond acceptors (Lipinski definition) is 4. The molecular weight excluding hydrogens is 246 g/mol. The van der Waals surface area contributed by atoms with Crippen molar-refractivity contribution in [2.75, 3.05) is 0 Å². The van der Waals surface area contributed by atoms with Gasteiger partial charge in [0.05, 0.1) is 12.1 Å². The summed E-state index contributed by atoms with van der Waals surface area (Å²) in [5.74, 6) is -0.0120. The van der Waals surface area contributed by atoms with E-state index in [2.05, 4.69) is 0 Å². The number of carbonyl (C=O) groups excluding carboxylic acids is 1. The number of amides is 1. The molecule has 0 aromatic heterocycles. The summed E-state index contributed by atoms with van der Waals surface area (Å²) in [6.07, 6.45) is 4.58. The lowest BCUT2D eigenvalue weighted by Crippen LogP contribution is -2.40. The molecule has 1 rings (SSSR count). The van der Waals surface area contributed by atoms with Crippen LogP contribution in [0.25, 0.3) is 0 Å². The smallest absolute Gasteiger partial charge is 0.434 e. The predicted molar refractivity (Wildman–Crippen MR) is 71.8 cm³/mol. The van der Waals surface area contributed by atoms with E-state index in [4.69, 9.17) is 4.74 Å². The van der Waals surface area contributed by atoms with Crippen molar-refractivity contribution in [1.29, 1.82) is 0 Å². The van der Waals surface area contributed by atoms with E-state index in [9.17, 15) is 15.1 Å². The van der Waals surface area contributed by atoms with Gasteiger partial charge < -0.3 is 9.84 Å². The van der Waals surface area contributed by atoms with Gasteiger partial charge in [-0.25, -0.2) is 4.79 Å². The van der Waals surface area contributed by atoms with E-state index < -0.39 is 23.8 Å². The van der Waals surface area contributed by atoms with Gasteiger partial charge in [0.25, 0.3) is 0 Å². The molecule has 0 fully saturated rings. The lowest BCUT2D eigenvalue weighted by atomic mass is 9.97. The van der Waals surface area contributed by atoms with Gasteiger partial charge in [0.15, 0.2) is 0 Å². The summed E-state index contributed by atoms with van der Waals surface area (Å²) in [7, 11) is 0. The first-order valence-electron chi connectivity index (χ1n) is 6.82. The summed E-state index contributed by atoms with van der Waals surface area (Å²) in [6, 6.07) is -0.425. The monoisotopic (exact) mass is 271 g/mol. The largest absolute Gasteiger partial charge is 0.442 e. The number of aliphatic hydroxyl groups excluding tert-OH is 1. The van der Waals surface area contributed by atoms with Crippen LogP contribution in [0.1, 0.15) is 47.0 Å². The molecule has 0 radical (unpaired) electrons. The molecule has 0 heterocycles. The molecule has 0 aromatic rings. The topological polar surface area (TPSA) is 70.0 Å². The molecule has 0 aliphatic heterocycles. The first-order chi connectivity index (χ1) is 8.74. The highest BCUT2D eigenvalue weighted by atomic mass is 16.6. The molecule has 0 aromatic carbocycles. The Morgan fingerprint density at radius 3 is 2.63 bits per heavy atom. The van der Waals surface area contributed by atoms with Crippen molar-refractivity contribution in [2.45, 2.75) is 64.7 Å². The van der Waals surface area contributed by atoms with Gasteiger partial charge in [0.1, 0.15) is 5.60 Å². The maximum atomic E-state index is 11.7. The zero-order valence-corrected chi connectivity index (χ0v) is 12.2. The minimum atomic E-state index is -0.757. The van der Waals surface area contributed by atoms with Crippen LogP contribution in [-0.2, 0) is 4.74 Å². The lowest BCUT2D eigenvalue weighted by molar-refractivity contribution is -0.112. The number of hydroxylamine groups is 2. The van der Waals surface area contributed by atoms with E-state index in [1.807, 2.05) is 13.0 Å². The number of aliphatic hydroxyl groups is 1. The van der Waals surface area contributed by atoms with E-state index in [-0.39, 0.29) is 5.92 Å². The van der Waals surface area contributed by atoms with Crippen molar-refractivity contribution < 1.29 is 19.8 Å². The van der Waals surface area contributed by atoms with Crippen molar-refractivity contribution in [1.82, 2.24) is 5.06 Å². The maximum Gasteiger partial charge on any atom is 0.434 e. The quantitative estimate of drug-likeness (QED) is 0.468. The van der Waals surface area contributed by atoms with E-state index >= 15 is 0 Å². The van der Waals surface area contributed by atoms with Gasteiger partial charge in [0.2, 0.25) is 0 Å². The third kappa shape index (κ3) is 4.84. The van der Waals surface area contributed by atoms with Gasteiger partial charge in [0, 0.05) is 5.92 Å². The van der Waals surface area contributed by atoms with Gasteiger partial charge in [-0.3, -0.25) is 5.21 Å². The number of hydrogen-bond donors (Lipinski definition) is 2. The normalized spacial score (nSPS) is 24.3. The van der Waals surface area contributed by atoms with Gasteiger partial charge in [-0.2, -0.15) is 5.06 Å². The van der Waals surface area contributed by atoms with E-state index in [0.29, 0.717) is 11.5 Å². The first-order valence-corrected chi connectivity index (χ1v) is 6.82. The summed E-state index contributed by atoms with van der Waals surface area (Å²) in [4.78, 5) is 11.7. The Hall–Kier alpha value is -1.07. The molecule has 0 bridgehead atoms. The summed E-state index contributed by atoms with van der Waals surface area (Å²) >= 11 is 0. The molecule has 0 saturated carbocycles. The minimum absolute atomic E-state index is 0.0120. The van der Waals surface area contributed by atoms with Crippen LogP contribution >= 0.6 is 0 Å². The molecule has 1 aliphatic rings. The van der Waals surface area contributed by atoms with Crippen molar-refractivity contribution in [3.8, 4) is 0 Å². The Balaban J connectivity index is 2.51. The highest BCUT2D eigenvalue weighted by Gasteiger charge is 2.32. The number of carbonyl (C=O) groups is 1. The van der Waals surface area contributed by atoms with Crippen molar-refractivity contribution in [3.05, 3.63) is 12.2 Å². The third-order valence-electron chi connectivity index (χ3n) is 3.07. The molecule has 0 spiro atoms. The van der Waals surface area contributed by atoms with Gasteiger partial charge >= 0.3 is 6.09 Å². The molecule has 1 aliphatic carbocycles. The second-order valence-corrected chi connectivity index (χ2v) is 6.03. The van der Waals surface area contributed by atoms with E-state index in [0.717, 1.165) is 12.8 Å². The summed E-state index contributed by atoms with van der Waals surface area (Å²) in [5, 5.41) is 20.4. The number of ether oxygens (including phenoxy) is 1. The SMILES string of the molecule is CCCC(O)[C@@H]1C=C[C@H](N(O)C(=O)OC(C)(C)C)C1. The molecule has 3 atom stereocenters. The highest BCUT2D eigenvalue weighted by molar-refractivity contribution is 5.67. The number of rotatable bonds is 4. The zero-order chi connectivity index (χ0) is 14.6. The zero-order valence-electron chi connectivity index (χ0n) is 12.2.